The molecule has 4 nitrogen and oxygen atoms in total. The second-order valence-corrected chi connectivity index (χ2v) is 4.28. The Morgan fingerprint density at radius 3 is 2.63 bits per heavy atom. The predicted molar refractivity (Wildman–Crippen MR) is 74.9 cm³/mol. The van der Waals surface area contributed by atoms with E-state index in [2.05, 4.69) is 20.6 Å². The third kappa shape index (κ3) is 3.64. The number of aromatic nitrogens is 2. The Morgan fingerprint density at radius 2 is 1.95 bits per heavy atom. The SMILES string of the molecule is CNc1ncc(C)c(NCCc2ccc(F)cc2)n1. The molecular formula is C14H17FN4. The molecule has 2 aromatic rings. The van der Waals surface area contributed by atoms with Crippen LogP contribution in [0, 0.1) is 12.7 Å². The second-order valence-electron chi connectivity index (χ2n) is 4.28. The van der Waals surface area contributed by atoms with Gasteiger partial charge in [0.05, 0.1) is 0 Å². The quantitative estimate of drug-likeness (QED) is 0.867. The number of halogens is 1. The first-order chi connectivity index (χ1) is 9.19. The first kappa shape index (κ1) is 13.3. The van der Waals surface area contributed by atoms with Crippen LogP contribution >= 0.6 is 0 Å². The fourth-order valence-electron chi connectivity index (χ4n) is 1.72. The van der Waals surface area contributed by atoms with Crippen LogP contribution in [0.25, 0.3) is 0 Å². The lowest BCUT2D eigenvalue weighted by atomic mass is 10.1. The molecule has 5 heteroatoms. The standard InChI is InChI=1S/C14H17FN4/c1-10-9-18-14(16-2)19-13(10)17-8-7-11-3-5-12(15)6-4-11/h3-6,9H,7-8H2,1-2H3,(H2,16,17,18,19). The summed E-state index contributed by atoms with van der Waals surface area (Å²) in [5.74, 6) is 1.21. The molecule has 0 aliphatic heterocycles. The van der Waals surface area contributed by atoms with Crippen molar-refractivity contribution in [3.63, 3.8) is 0 Å². The van der Waals surface area contributed by atoms with Gasteiger partial charge in [0, 0.05) is 25.4 Å². The zero-order valence-corrected chi connectivity index (χ0v) is 11.1. The molecule has 0 bridgehead atoms. The van der Waals surface area contributed by atoms with Crippen LogP contribution in [0.4, 0.5) is 16.2 Å². The number of nitrogens with zero attached hydrogens (tertiary/aromatic N) is 2. The molecule has 0 unspecified atom stereocenters. The molecule has 2 rings (SSSR count). The summed E-state index contributed by atoms with van der Waals surface area (Å²) in [5, 5.41) is 6.17. The van der Waals surface area contributed by atoms with Gasteiger partial charge in [0.2, 0.25) is 5.95 Å². The monoisotopic (exact) mass is 260 g/mol. The molecule has 1 aromatic carbocycles. The third-order valence-electron chi connectivity index (χ3n) is 2.81. The van der Waals surface area contributed by atoms with Crippen LogP contribution < -0.4 is 10.6 Å². The molecular weight excluding hydrogens is 243 g/mol. The van der Waals surface area contributed by atoms with E-state index in [0.29, 0.717) is 5.95 Å². The molecule has 1 aromatic heterocycles. The van der Waals surface area contributed by atoms with Crippen LogP contribution in [-0.4, -0.2) is 23.6 Å². The maximum atomic E-state index is 12.8. The van der Waals surface area contributed by atoms with Crippen LogP contribution in [0.3, 0.4) is 0 Å². The van der Waals surface area contributed by atoms with Crippen molar-refractivity contribution in [2.24, 2.45) is 0 Å². The van der Waals surface area contributed by atoms with Gasteiger partial charge in [-0.25, -0.2) is 9.37 Å². The van der Waals surface area contributed by atoms with Crippen molar-refractivity contribution in [1.82, 2.24) is 9.97 Å². The number of hydrogen-bond acceptors (Lipinski definition) is 4. The number of hydrogen-bond donors (Lipinski definition) is 2. The third-order valence-corrected chi connectivity index (χ3v) is 2.81. The molecule has 0 saturated heterocycles. The molecule has 0 saturated carbocycles. The summed E-state index contributed by atoms with van der Waals surface area (Å²) in [7, 11) is 1.78. The van der Waals surface area contributed by atoms with Crippen molar-refractivity contribution in [1.29, 1.82) is 0 Å². The van der Waals surface area contributed by atoms with Crippen molar-refractivity contribution in [3.8, 4) is 0 Å². The highest BCUT2D eigenvalue weighted by atomic mass is 19.1. The molecule has 0 amide bonds. The van der Waals surface area contributed by atoms with Gasteiger partial charge in [-0.3, -0.25) is 0 Å². The lowest BCUT2D eigenvalue weighted by Gasteiger charge is -2.09. The fourth-order valence-corrected chi connectivity index (χ4v) is 1.72. The van der Waals surface area contributed by atoms with Gasteiger partial charge in [-0.2, -0.15) is 4.98 Å². The maximum absolute atomic E-state index is 12.8. The van der Waals surface area contributed by atoms with E-state index in [1.165, 1.54) is 12.1 Å². The number of aryl methyl sites for hydroxylation is 1. The van der Waals surface area contributed by atoms with Crippen molar-refractivity contribution in [2.45, 2.75) is 13.3 Å². The number of nitrogens with one attached hydrogen (secondary N) is 2. The van der Waals surface area contributed by atoms with Gasteiger partial charge < -0.3 is 10.6 Å². The van der Waals surface area contributed by atoms with E-state index >= 15 is 0 Å². The molecule has 0 aliphatic carbocycles. The minimum absolute atomic E-state index is 0.206. The van der Waals surface area contributed by atoms with E-state index < -0.39 is 0 Å². The normalized spacial score (nSPS) is 10.3. The van der Waals surface area contributed by atoms with E-state index in [9.17, 15) is 4.39 Å². The van der Waals surface area contributed by atoms with E-state index in [0.717, 1.165) is 29.9 Å². The average Bonchev–Trinajstić information content (AvgIpc) is 2.43. The summed E-state index contributed by atoms with van der Waals surface area (Å²) >= 11 is 0. The summed E-state index contributed by atoms with van der Waals surface area (Å²) in [6.45, 7) is 2.70. The van der Waals surface area contributed by atoms with Crippen molar-refractivity contribution in [3.05, 3.63) is 47.4 Å². The number of benzene rings is 1. The molecule has 0 aliphatic rings. The summed E-state index contributed by atoms with van der Waals surface area (Å²) < 4.78 is 12.8. The highest BCUT2D eigenvalue weighted by Gasteiger charge is 2.02. The van der Waals surface area contributed by atoms with E-state index in [4.69, 9.17) is 0 Å². The van der Waals surface area contributed by atoms with Crippen molar-refractivity contribution in [2.75, 3.05) is 24.2 Å². The Labute approximate surface area is 112 Å². The van der Waals surface area contributed by atoms with Crippen LogP contribution in [0.1, 0.15) is 11.1 Å². The van der Waals surface area contributed by atoms with Gasteiger partial charge in [-0.15, -0.1) is 0 Å². The van der Waals surface area contributed by atoms with Crippen LogP contribution in [0.2, 0.25) is 0 Å². The molecule has 0 atom stereocenters. The molecule has 100 valence electrons. The van der Waals surface area contributed by atoms with Crippen molar-refractivity contribution >= 4 is 11.8 Å². The van der Waals surface area contributed by atoms with Gasteiger partial charge in [-0.05, 0) is 31.0 Å². The summed E-state index contributed by atoms with van der Waals surface area (Å²) in [6.07, 6.45) is 2.59. The van der Waals surface area contributed by atoms with Crippen LogP contribution in [-0.2, 0) is 6.42 Å². The lowest BCUT2D eigenvalue weighted by Crippen LogP contribution is -2.09. The molecule has 1 heterocycles. The zero-order chi connectivity index (χ0) is 13.7. The fraction of sp³-hybridized carbons (Fsp3) is 0.286. The summed E-state index contributed by atoms with van der Waals surface area (Å²) in [5.41, 5.74) is 2.09. The smallest absolute Gasteiger partial charge is 0.224 e. The Kier molecular flexibility index (Phi) is 4.28. The molecule has 0 fully saturated rings. The highest BCUT2D eigenvalue weighted by Crippen LogP contribution is 2.12. The minimum Gasteiger partial charge on any atom is -0.369 e. The molecule has 19 heavy (non-hydrogen) atoms. The van der Waals surface area contributed by atoms with Crippen LogP contribution in [0.15, 0.2) is 30.5 Å². The van der Waals surface area contributed by atoms with Gasteiger partial charge in [0.15, 0.2) is 0 Å². The van der Waals surface area contributed by atoms with E-state index in [1.807, 2.05) is 6.92 Å². The lowest BCUT2D eigenvalue weighted by molar-refractivity contribution is 0.627. The first-order valence-electron chi connectivity index (χ1n) is 6.19. The number of anilines is 2. The topological polar surface area (TPSA) is 49.8 Å². The van der Waals surface area contributed by atoms with Crippen molar-refractivity contribution < 1.29 is 4.39 Å². The number of rotatable bonds is 5. The molecule has 2 N–H and O–H groups in total. The largest absolute Gasteiger partial charge is 0.369 e. The van der Waals surface area contributed by atoms with Gasteiger partial charge in [0.25, 0.3) is 0 Å². The van der Waals surface area contributed by atoms with Crippen LogP contribution in [0.5, 0.6) is 0 Å². The van der Waals surface area contributed by atoms with Gasteiger partial charge in [0.1, 0.15) is 11.6 Å². The molecule has 0 radical (unpaired) electrons. The Bertz CT molecular complexity index is 540. The first-order valence-corrected chi connectivity index (χ1v) is 6.19. The molecule has 0 spiro atoms. The highest BCUT2D eigenvalue weighted by molar-refractivity contribution is 5.46. The maximum Gasteiger partial charge on any atom is 0.224 e. The Balaban J connectivity index is 1.93. The van der Waals surface area contributed by atoms with Gasteiger partial charge in [-0.1, -0.05) is 12.1 Å². The Hall–Kier alpha value is -2.17. The van der Waals surface area contributed by atoms with E-state index in [-0.39, 0.29) is 5.82 Å². The zero-order valence-electron chi connectivity index (χ0n) is 11.1. The van der Waals surface area contributed by atoms with E-state index in [1.54, 1.807) is 25.4 Å². The minimum atomic E-state index is -0.206. The Morgan fingerprint density at radius 1 is 1.21 bits per heavy atom. The summed E-state index contributed by atoms with van der Waals surface area (Å²) in [4.78, 5) is 8.47. The van der Waals surface area contributed by atoms with Gasteiger partial charge >= 0.3 is 0 Å². The summed E-state index contributed by atoms with van der Waals surface area (Å²) in [6, 6.07) is 6.54. The average molecular weight is 260 g/mol. The second kappa shape index (κ2) is 6.13. The predicted octanol–water partition coefficient (Wildman–Crippen LogP) is 2.62.